The highest BCUT2D eigenvalue weighted by Crippen LogP contribution is 1.98. The van der Waals surface area contributed by atoms with Gasteiger partial charge in [-0.3, -0.25) is 0 Å². The lowest BCUT2D eigenvalue weighted by Crippen LogP contribution is -1.95. The highest BCUT2D eigenvalue weighted by molar-refractivity contribution is 5.85. The fourth-order valence-corrected chi connectivity index (χ4v) is 0.505. The van der Waals surface area contributed by atoms with Crippen LogP contribution in [0.3, 0.4) is 0 Å². The first-order chi connectivity index (χ1) is 4.68. The standard InChI is InChI=1S/C8H12O2/c1-3-4-5-6-7(2)8(9)10/h3,6H,1,4-5H2,2H3,(H,9,10)/b7-6-. The van der Waals surface area contributed by atoms with E-state index in [2.05, 4.69) is 6.58 Å². The molecular weight excluding hydrogens is 128 g/mol. The van der Waals surface area contributed by atoms with Crippen LogP contribution in [0.15, 0.2) is 24.3 Å². The maximum atomic E-state index is 10.2. The van der Waals surface area contributed by atoms with Crippen LogP contribution in [0, 0.1) is 0 Å². The Morgan fingerprint density at radius 1 is 1.60 bits per heavy atom. The molecule has 0 rings (SSSR count). The molecule has 0 saturated heterocycles. The summed E-state index contributed by atoms with van der Waals surface area (Å²) in [5.74, 6) is -0.843. The Morgan fingerprint density at radius 3 is 2.60 bits per heavy atom. The predicted molar refractivity (Wildman–Crippen MR) is 40.8 cm³/mol. The van der Waals surface area contributed by atoms with Crippen molar-refractivity contribution in [3.05, 3.63) is 24.3 Å². The quantitative estimate of drug-likeness (QED) is 0.368. The SMILES string of the molecule is C=CCC/C=C(/C)C(=O)O. The van der Waals surface area contributed by atoms with Gasteiger partial charge in [-0.15, -0.1) is 6.58 Å². The first kappa shape index (κ1) is 8.95. The summed E-state index contributed by atoms with van der Waals surface area (Å²) >= 11 is 0. The summed E-state index contributed by atoms with van der Waals surface area (Å²) in [5.41, 5.74) is 0.404. The van der Waals surface area contributed by atoms with Gasteiger partial charge in [0.2, 0.25) is 0 Å². The average Bonchev–Trinajstić information content (AvgIpc) is 1.88. The van der Waals surface area contributed by atoms with E-state index >= 15 is 0 Å². The zero-order valence-electron chi connectivity index (χ0n) is 6.13. The van der Waals surface area contributed by atoms with Crippen molar-refractivity contribution in [2.45, 2.75) is 19.8 Å². The van der Waals surface area contributed by atoms with Gasteiger partial charge in [-0.05, 0) is 19.8 Å². The minimum atomic E-state index is -0.843. The first-order valence-electron chi connectivity index (χ1n) is 3.19. The van der Waals surface area contributed by atoms with Gasteiger partial charge in [0.25, 0.3) is 0 Å². The molecule has 0 heterocycles. The predicted octanol–water partition coefficient (Wildman–Crippen LogP) is 1.98. The van der Waals surface area contributed by atoms with Gasteiger partial charge in [0.15, 0.2) is 0 Å². The van der Waals surface area contributed by atoms with E-state index < -0.39 is 5.97 Å². The van der Waals surface area contributed by atoms with Crippen molar-refractivity contribution in [3.63, 3.8) is 0 Å². The Hall–Kier alpha value is -1.05. The number of rotatable bonds is 4. The Kier molecular flexibility index (Phi) is 4.29. The van der Waals surface area contributed by atoms with E-state index in [-0.39, 0.29) is 0 Å². The molecule has 0 atom stereocenters. The summed E-state index contributed by atoms with van der Waals surface area (Å²) in [6, 6.07) is 0. The first-order valence-corrected chi connectivity index (χ1v) is 3.19. The van der Waals surface area contributed by atoms with Crippen molar-refractivity contribution in [2.24, 2.45) is 0 Å². The maximum Gasteiger partial charge on any atom is 0.330 e. The Bertz CT molecular complexity index is 157. The number of allylic oxidation sites excluding steroid dienone is 2. The molecule has 0 saturated carbocycles. The van der Waals surface area contributed by atoms with Gasteiger partial charge in [0.05, 0.1) is 0 Å². The number of unbranched alkanes of at least 4 members (excludes halogenated alkanes) is 1. The summed E-state index contributed by atoms with van der Waals surface area (Å²) in [4.78, 5) is 10.2. The third kappa shape index (κ3) is 3.89. The molecule has 0 spiro atoms. The van der Waals surface area contributed by atoms with E-state index in [0.29, 0.717) is 5.57 Å². The maximum absolute atomic E-state index is 10.2. The topological polar surface area (TPSA) is 37.3 Å². The molecule has 0 unspecified atom stereocenters. The van der Waals surface area contributed by atoms with Crippen molar-refractivity contribution in [2.75, 3.05) is 0 Å². The largest absolute Gasteiger partial charge is 0.478 e. The number of hydrogen-bond donors (Lipinski definition) is 1. The summed E-state index contributed by atoms with van der Waals surface area (Å²) in [6.07, 6.45) is 5.07. The van der Waals surface area contributed by atoms with Crippen LogP contribution < -0.4 is 0 Å². The molecule has 56 valence electrons. The second-order valence-corrected chi connectivity index (χ2v) is 2.06. The highest BCUT2D eigenvalue weighted by atomic mass is 16.4. The number of aliphatic carboxylic acids is 1. The average molecular weight is 140 g/mol. The molecule has 10 heavy (non-hydrogen) atoms. The van der Waals surface area contributed by atoms with Crippen LogP contribution >= 0.6 is 0 Å². The highest BCUT2D eigenvalue weighted by Gasteiger charge is 1.96. The van der Waals surface area contributed by atoms with Gasteiger partial charge in [-0.25, -0.2) is 4.79 Å². The second kappa shape index (κ2) is 4.79. The molecule has 0 aliphatic heterocycles. The van der Waals surface area contributed by atoms with Crippen LogP contribution in [0.4, 0.5) is 0 Å². The molecular formula is C8H12O2. The molecule has 2 nitrogen and oxygen atoms in total. The third-order valence-corrected chi connectivity index (χ3v) is 1.16. The van der Waals surface area contributed by atoms with Crippen LogP contribution in [0.2, 0.25) is 0 Å². The zero-order valence-corrected chi connectivity index (χ0v) is 6.13. The van der Waals surface area contributed by atoms with Crippen molar-refractivity contribution >= 4 is 5.97 Å². The molecule has 1 N–H and O–H groups in total. The Labute approximate surface area is 60.9 Å². The van der Waals surface area contributed by atoms with Crippen LogP contribution in [0.25, 0.3) is 0 Å². The van der Waals surface area contributed by atoms with E-state index in [9.17, 15) is 4.79 Å². The van der Waals surface area contributed by atoms with Crippen LogP contribution in [-0.4, -0.2) is 11.1 Å². The minimum absolute atomic E-state index is 0.404. The van der Waals surface area contributed by atoms with Crippen molar-refractivity contribution in [3.8, 4) is 0 Å². The second-order valence-electron chi connectivity index (χ2n) is 2.06. The van der Waals surface area contributed by atoms with E-state index in [1.54, 1.807) is 19.1 Å². The molecule has 0 amide bonds. The van der Waals surface area contributed by atoms with E-state index in [4.69, 9.17) is 5.11 Å². The lowest BCUT2D eigenvalue weighted by molar-refractivity contribution is -0.132. The molecule has 0 aliphatic carbocycles. The van der Waals surface area contributed by atoms with Crippen molar-refractivity contribution < 1.29 is 9.90 Å². The Balaban J connectivity index is 3.68. The van der Waals surface area contributed by atoms with Gasteiger partial charge in [-0.1, -0.05) is 12.2 Å². The van der Waals surface area contributed by atoms with Crippen LogP contribution in [0.1, 0.15) is 19.8 Å². The molecule has 0 aromatic rings. The van der Waals surface area contributed by atoms with Gasteiger partial charge in [0.1, 0.15) is 0 Å². The molecule has 0 radical (unpaired) electrons. The fourth-order valence-electron chi connectivity index (χ4n) is 0.505. The van der Waals surface area contributed by atoms with Gasteiger partial charge < -0.3 is 5.11 Å². The van der Waals surface area contributed by atoms with Gasteiger partial charge in [0, 0.05) is 5.57 Å². The number of hydrogen-bond acceptors (Lipinski definition) is 1. The van der Waals surface area contributed by atoms with E-state index in [1.807, 2.05) is 0 Å². The van der Waals surface area contributed by atoms with E-state index in [0.717, 1.165) is 12.8 Å². The van der Waals surface area contributed by atoms with Crippen molar-refractivity contribution in [1.29, 1.82) is 0 Å². The number of carboxylic acid groups (broad SMARTS) is 1. The normalized spacial score (nSPS) is 11.1. The Morgan fingerprint density at radius 2 is 2.20 bits per heavy atom. The van der Waals surface area contributed by atoms with E-state index in [1.165, 1.54) is 0 Å². The summed E-state index contributed by atoms with van der Waals surface area (Å²) in [6.45, 7) is 5.11. The van der Waals surface area contributed by atoms with Gasteiger partial charge in [-0.2, -0.15) is 0 Å². The lowest BCUT2D eigenvalue weighted by Gasteiger charge is -1.90. The van der Waals surface area contributed by atoms with Crippen LogP contribution in [-0.2, 0) is 4.79 Å². The smallest absolute Gasteiger partial charge is 0.330 e. The number of carboxylic acids is 1. The third-order valence-electron chi connectivity index (χ3n) is 1.16. The molecule has 0 fully saturated rings. The zero-order chi connectivity index (χ0) is 7.98. The summed E-state index contributed by atoms with van der Waals surface area (Å²) in [7, 11) is 0. The van der Waals surface area contributed by atoms with Gasteiger partial charge >= 0.3 is 5.97 Å². The molecule has 0 aromatic heterocycles. The summed E-state index contributed by atoms with van der Waals surface area (Å²) in [5, 5.41) is 8.39. The monoisotopic (exact) mass is 140 g/mol. The lowest BCUT2D eigenvalue weighted by atomic mass is 10.2. The molecule has 0 aromatic carbocycles. The fraction of sp³-hybridized carbons (Fsp3) is 0.375. The number of carbonyl (C=O) groups is 1. The van der Waals surface area contributed by atoms with Crippen molar-refractivity contribution in [1.82, 2.24) is 0 Å². The van der Waals surface area contributed by atoms with Crippen LogP contribution in [0.5, 0.6) is 0 Å². The molecule has 0 aliphatic rings. The molecule has 2 heteroatoms. The summed E-state index contributed by atoms with van der Waals surface area (Å²) < 4.78 is 0. The minimum Gasteiger partial charge on any atom is -0.478 e. The molecule has 0 bridgehead atoms.